The van der Waals surface area contributed by atoms with Gasteiger partial charge < -0.3 is 5.32 Å². The lowest BCUT2D eigenvalue weighted by Crippen LogP contribution is -2.37. The number of anilines is 1. The van der Waals surface area contributed by atoms with E-state index in [4.69, 9.17) is 23.2 Å². The van der Waals surface area contributed by atoms with E-state index in [0.29, 0.717) is 35.4 Å². The van der Waals surface area contributed by atoms with Crippen LogP contribution in [0.3, 0.4) is 0 Å². The number of ketones is 1. The predicted octanol–water partition coefficient (Wildman–Crippen LogP) is 6.54. The summed E-state index contributed by atoms with van der Waals surface area (Å²) >= 11 is 11.9. The first-order valence-corrected chi connectivity index (χ1v) is 11.9. The summed E-state index contributed by atoms with van der Waals surface area (Å²) in [5.74, 6) is -0.216. The van der Waals surface area contributed by atoms with Gasteiger partial charge in [-0.05, 0) is 41.5 Å². The molecule has 0 atom stereocenters. The van der Waals surface area contributed by atoms with Gasteiger partial charge in [0.05, 0.1) is 10.0 Å². The van der Waals surface area contributed by atoms with Gasteiger partial charge >= 0.3 is 0 Å². The summed E-state index contributed by atoms with van der Waals surface area (Å²) in [5.41, 5.74) is 3.97. The van der Waals surface area contributed by atoms with Crippen LogP contribution in [0.1, 0.15) is 11.1 Å². The number of likely N-dealkylation sites (tertiary alicyclic amines) is 1. The van der Waals surface area contributed by atoms with Crippen molar-refractivity contribution in [1.29, 1.82) is 0 Å². The molecule has 35 heavy (non-hydrogen) atoms. The normalized spacial score (nSPS) is 16.8. The Morgan fingerprint density at radius 2 is 1.40 bits per heavy atom. The first-order valence-electron chi connectivity index (χ1n) is 11.2. The van der Waals surface area contributed by atoms with Crippen LogP contribution in [-0.2, 0) is 9.59 Å². The van der Waals surface area contributed by atoms with E-state index in [1.165, 1.54) is 6.08 Å². The van der Waals surface area contributed by atoms with Gasteiger partial charge in [-0.25, -0.2) is 0 Å². The van der Waals surface area contributed by atoms with E-state index in [9.17, 15) is 9.59 Å². The van der Waals surface area contributed by atoms with Gasteiger partial charge in [-0.2, -0.15) is 0 Å². The lowest BCUT2D eigenvalue weighted by atomic mass is 9.94. The molecule has 176 valence electrons. The molecule has 0 aliphatic carbocycles. The summed E-state index contributed by atoms with van der Waals surface area (Å²) in [4.78, 5) is 27.7. The van der Waals surface area contributed by atoms with E-state index < -0.39 is 0 Å². The molecule has 1 amide bonds. The first kappa shape index (κ1) is 24.7. The standard InChI is InChI=1S/C29H24Cl2N2O2/c30-26-14-13-25(18-27(26)31)32-28(34)12-7-15-33-19-23(16-21-8-3-1-4-9-21)29(35)24(20-33)17-22-10-5-2-6-11-22/h1-14,16-18H,15,19-20H2,(H,32,34)/b12-7-,23-16-,24-17+. The smallest absolute Gasteiger partial charge is 0.248 e. The van der Waals surface area contributed by atoms with E-state index in [1.807, 2.05) is 72.8 Å². The van der Waals surface area contributed by atoms with Gasteiger partial charge in [0.25, 0.3) is 0 Å². The Hall–Kier alpha value is -3.44. The van der Waals surface area contributed by atoms with Gasteiger partial charge in [0.2, 0.25) is 5.91 Å². The van der Waals surface area contributed by atoms with Crippen LogP contribution >= 0.6 is 23.2 Å². The maximum absolute atomic E-state index is 13.3. The zero-order valence-electron chi connectivity index (χ0n) is 19.0. The lowest BCUT2D eigenvalue weighted by Gasteiger charge is -2.29. The molecule has 1 fully saturated rings. The number of rotatable bonds is 6. The van der Waals surface area contributed by atoms with Crippen molar-refractivity contribution in [3.8, 4) is 0 Å². The quantitative estimate of drug-likeness (QED) is 0.389. The van der Waals surface area contributed by atoms with Crippen LogP contribution in [0.5, 0.6) is 0 Å². The van der Waals surface area contributed by atoms with Crippen LogP contribution in [0, 0.1) is 0 Å². The van der Waals surface area contributed by atoms with Crippen LogP contribution in [0.25, 0.3) is 12.2 Å². The highest BCUT2D eigenvalue weighted by Crippen LogP contribution is 2.25. The molecule has 0 bridgehead atoms. The topological polar surface area (TPSA) is 49.4 Å². The number of hydrogen-bond donors (Lipinski definition) is 1. The average molecular weight is 503 g/mol. The fourth-order valence-corrected chi connectivity index (χ4v) is 4.10. The van der Waals surface area contributed by atoms with E-state index in [2.05, 4.69) is 10.2 Å². The molecule has 1 saturated heterocycles. The number of hydrogen-bond acceptors (Lipinski definition) is 3. The molecular formula is C29H24Cl2N2O2. The monoisotopic (exact) mass is 502 g/mol. The number of nitrogens with one attached hydrogen (secondary N) is 1. The first-order chi connectivity index (χ1) is 17.0. The van der Waals surface area contributed by atoms with Crippen LogP contribution in [0.2, 0.25) is 10.0 Å². The number of amides is 1. The van der Waals surface area contributed by atoms with Crippen molar-refractivity contribution in [2.75, 3.05) is 25.0 Å². The molecule has 1 aliphatic heterocycles. The average Bonchev–Trinajstić information content (AvgIpc) is 2.85. The summed E-state index contributed by atoms with van der Waals surface area (Å²) in [5, 5.41) is 3.58. The van der Waals surface area contributed by atoms with Gasteiger partial charge in [0, 0.05) is 42.5 Å². The van der Waals surface area contributed by atoms with E-state index >= 15 is 0 Å². The summed E-state index contributed by atoms with van der Waals surface area (Å²) < 4.78 is 0. The Kier molecular flexibility index (Phi) is 8.32. The Morgan fingerprint density at radius 1 is 0.829 bits per heavy atom. The largest absolute Gasteiger partial charge is 0.322 e. The summed E-state index contributed by atoms with van der Waals surface area (Å²) in [6.07, 6.45) is 7.16. The second-order valence-electron chi connectivity index (χ2n) is 8.18. The van der Waals surface area contributed by atoms with Crippen LogP contribution in [0.15, 0.2) is 102 Å². The number of carbonyl (C=O) groups is 2. The van der Waals surface area contributed by atoms with Gasteiger partial charge in [0.1, 0.15) is 0 Å². The highest BCUT2D eigenvalue weighted by Gasteiger charge is 2.25. The number of Topliss-reactive ketones (excluding diaryl/α,β-unsaturated/α-hetero) is 1. The Balaban J connectivity index is 1.49. The van der Waals surface area contributed by atoms with E-state index in [1.54, 1.807) is 24.3 Å². The molecule has 0 unspecified atom stereocenters. The van der Waals surface area contributed by atoms with Crippen molar-refractivity contribution < 1.29 is 9.59 Å². The van der Waals surface area contributed by atoms with Crippen molar-refractivity contribution in [2.45, 2.75) is 0 Å². The molecule has 0 radical (unpaired) electrons. The fraction of sp³-hybridized carbons (Fsp3) is 0.103. The summed E-state index contributed by atoms with van der Waals surface area (Å²) in [7, 11) is 0. The van der Waals surface area contributed by atoms with E-state index in [0.717, 1.165) is 22.3 Å². The molecule has 1 aliphatic rings. The van der Waals surface area contributed by atoms with Crippen molar-refractivity contribution in [3.05, 3.63) is 123 Å². The number of benzene rings is 3. The molecule has 1 N–H and O–H groups in total. The lowest BCUT2D eigenvalue weighted by molar-refractivity contribution is -0.113. The number of piperidine rings is 1. The van der Waals surface area contributed by atoms with Gasteiger partial charge in [-0.15, -0.1) is 0 Å². The molecule has 3 aromatic carbocycles. The number of halogens is 2. The number of carbonyl (C=O) groups excluding carboxylic acids is 2. The maximum atomic E-state index is 13.3. The Labute approximate surface area is 215 Å². The molecule has 0 saturated carbocycles. The third-order valence-corrected chi connectivity index (χ3v) is 6.21. The van der Waals surface area contributed by atoms with Crippen molar-refractivity contribution >= 4 is 52.7 Å². The van der Waals surface area contributed by atoms with E-state index in [-0.39, 0.29) is 11.7 Å². The third-order valence-electron chi connectivity index (χ3n) is 5.47. The van der Waals surface area contributed by atoms with Crippen LogP contribution in [-0.4, -0.2) is 36.2 Å². The Bertz CT molecular complexity index is 1240. The Morgan fingerprint density at radius 3 is 1.94 bits per heavy atom. The minimum absolute atomic E-state index is 0.0512. The van der Waals surface area contributed by atoms with Gasteiger partial charge in [0.15, 0.2) is 5.78 Å². The SMILES string of the molecule is O=C(/C=C\CN1C/C(=C/c2ccccc2)C(=O)/C(=C/c2ccccc2)C1)Nc1ccc(Cl)c(Cl)c1. The van der Waals surface area contributed by atoms with Crippen LogP contribution in [0.4, 0.5) is 5.69 Å². The third kappa shape index (κ3) is 7.03. The fourth-order valence-electron chi connectivity index (χ4n) is 3.81. The second-order valence-corrected chi connectivity index (χ2v) is 8.99. The minimum Gasteiger partial charge on any atom is -0.322 e. The second kappa shape index (κ2) is 11.8. The molecular weight excluding hydrogens is 479 g/mol. The molecule has 3 aromatic rings. The zero-order valence-corrected chi connectivity index (χ0v) is 20.5. The predicted molar refractivity (Wildman–Crippen MR) is 145 cm³/mol. The van der Waals surface area contributed by atoms with Gasteiger partial charge in [-0.3, -0.25) is 14.5 Å². The number of nitrogens with zero attached hydrogens (tertiary/aromatic N) is 1. The minimum atomic E-state index is -0.267. The summed E-state index contributed by atoms with van der Waals surface area (Å²) in [6.45, 7) is 1.51. The highest BCUT2D eigenvalue weighted by atomic mass is 35.5. The zero-order chi connectivity index (χ0) is 24.6. The maximum Gasteiger partial charge on any atom is 0.248 e. The molecule has 4 rings (SSSR count). The highest BCUT2D eigenvalue weighted by molar-refractivity contribution is 6.42. The van der Waals surface area contributed by atoms with Crippen molar-refractivity contribution in [2.24, 2.45) is 0 Å². The van der Waals surface area contributed by atoms with Crippen molar-refractivity contribution in [3.63, 3.8) is 0 Å². The molecule has 6 heteroatoms. The van der Waals surface area contributed by atoms with Crippen LogP contribution < -0.4 is 5.32 Å². The summed E-state index contributed by atoms with van der Waals surface area (Å²) in [6, 6.07) is 24.6. The molecule has 0 aromatic heterocycles. The molecule has 0 spiro atoms. The van der Waals surface area contributed by atoms with Crippen molar-refractivity contribution in [1.82, 2.24) is 4.90 Å². The van der Waals surface area contributed by atoms with Gasteiger partial charge in [-0.1, -0.05) is 89.9 Å². The molecule has 1 heterocycles. The molecule has 4 nitrogen and oxygen atoms in total.